The highest BCUT2D eigenvalue weighted by molar-refractivity contribution is 7.99. The number of benzene rings is 1. The van der Waals surface area contributed by atoms with E-state index >= 15 is 0 Å². The van der Waals surface area contributed by atoms with Crippen LogP contribution in [0.5, 0.6) is 0 Å². The molecular formula is C23H25N5O2S. The summed E-state index contributed by atoms with van der Waals surface area (Å²) in [6, 6.07) is 12.0. The molecule has 0 aliphatic carbocycles. The lowest BCUT2D eigenvalue weighted by atomic mass is 10.0. The number of thioether (sulfide) groups is 1. The molecule has 0 spiro atoms. The third-order valence-electron chi connectivity index (χ3n) is 5.57. The number of nitrogens with zero attached hydrogens (tertiary/aromatic N) is 4. The molecule has 1 aliphatic heterocycles. The lowest BCUT2D eigenvalue weighted by Gasteiger charge is -2.27. The standard InChI is InChI=1S/C23H25N5O2S/c1-15(2)12-28-22(20-8-5-11-30-20)25-26-23(28)31-14-21(29)27-10-9-19-17(13-27)16-6-3-4-7-18(16)24-19/h3-8,11,15,24H,9-10,12-14H2,1-2H3. The third kappa shape index (κ3) is 3.87. The predicted octanol–water partition coefficient (Wildman–Crippen LogP) is 4.35. The van der Waals surface area contributed by atoms with Gasteiger partial charge in [0, 0.05) is 48.2 Å². The first-order chi connectivity index (χ1) is 15.1. The molecule has 0 saturated heterocycles. The fraction of sp³-hybridized carbons (Fsp3) is 0.348. The smallest absolute Gasteiger partial charge is 0.233 e. The Bertz CT molecular complexity index is 1210. The van der Waals surface area contributed by atoms with Crippen LogP contribution in [0.1, 0.15) is 25.1 Å². The zero-order chi connectivity index (χ0) is 21.4. The number of hydrogen-bond acceptors (Lipinski definition) is 5. The Labute approximate surface area is 184 Å². The summed E-state index contributed by atoms with van der Waals surface area (Å²) in [5.41, 5.74) is 3.63. The molecule has 0 radical (unpaired) electrons. The average molecular weight is 436 g/mol. The fourth-order valence-electron chi connectivity index (χ4n) is 4.11. The molecule has 3 aromatic heterocycles. The average Bonchev–Trinajstić information content (AvgIpc) is 3.50. The van der Waals surface area contributed by atoms with Crippen LogP contribution in [0.2, 0.25) is 0 Å². The van der Waals surface area contributed by atoms with Crippen molar-refractivity contribution >= 4 is 28.6 Å². The number of carbonyl (C=O) groups is 1. The molecule has 0 fully saturated rings. The first kappa shape index (κ1) is 19.9. The van der Waals surface area contributed by atoms with E-state index in [0.717, 1.165) is 30.2 Å². The van der Waals surface area contributed by atoms with E-state index in [1.807, 2.05) is 29.2 Å². The Hall–Kier alpha value is -3.00. The van der Waals surface area contributed by atoms with Crippen LogP contribution in [0.3, 0.4) is 0 Å². The first-order valence-electron chi connectivity index (χ1n) is 10.6. The molecular weight excluding hydrogens is 410 g/mol. The van der Waals surface area contributed by atoms with Crippen molar-refractivity contribution in [2.75, 3.05) is 12.3 Å². The molecule has 0 atom stereocenters. The number of carbonyl (C=O) groups excluding carboxylic acids is 1. The molecule has 160 valence electrons. The van der Waals surface area contributed by atoms with Crippen LogP contribution in [-0.4, -0.2) is 42.9 Å². The van der Waals surface area contributed by atoms with Crippen LogP contribution in [0, 0.1) is 5.92 Å². The maximum absolute atomic E-state index is 13.0. The van der Waals surface area contributed by atoms with Gasteiger partial charge in [0.25, 0.3) is 0 Å². The third-order valence-corrected chi connectivity index (χ3v) is 6.52. The second-order valence-corrected chi connectivity index (χ2v) is 9.21. The van der Waals surface area contributed by atoms with Crippen molar-refractivity contribution in [2.24, 2.45) is 5.92 Å². The number of furan rings is 1. The van der Waals surface area contributed by atoms with E-state index in [9.17, 15) is 4.79 Å². The maximum Gasteiger partial charge on any atom is 0.233 e. The lowest BCUT2D eigenvalue weighted by Crippen LogP contribution is -2.37. The number of nitrogens with one attached hydrogen (secondary N) is 1. The van der Waals surface area contributed by atoms with E-state index in [2.05, 4.69) is 45.7 Å². The number of hydrogen-bond donors (Lipinski definition) is 1. The SMILES string of the molecule is CC(C)Cn1c(SCC(=O)N2CCc3[nH]c4ccccc4c3C2)nnc1-c1ccco1. The number of amides is 1. The largest absolute Gasteiger partial charge is 0.461 e. The van der Waals surface area contributed by atoms with Crippen LogP contribution in [0.15, 0.2) is 52.2 Å². The summed E-state index contributed by atoms with van der Waals surface area (Å²) in [6.45, 7) is 6.45. The minimum atomic E-state index is 0.125. The molecule has 0 bridgehead atoms. The molecule has 31 heavy (non-hydrogen) atoms. The zero-order valence-corrected chi connectivity index (χ0v) is 18.5. The molecule has 1 aliphatic rings. The van der Waals surface area contributed by atoms with Crippen molar-refractivity contribution in [3.05, 3.63) is 53.9 Å². The van der Waals surface area contributed by atoms with Gasteiger partial charge in [0.15, 0.2) is 16.7 Å². The van der Waals surface area contributed by atoms with Gasteiger partial charge in [-0.3, -0.25) is 9.36 Å². The molecule has 0 saturated carbocycles. The van der Waals surface area contributed by atoms with Crippen molar-refractivity contribution in [3.8, 4) is 11.6 Å². The second kappa shape index (κ2) is 8.26. The van der Waals surface area contributed by atoms with Gasteiger partial charge in [-0.05, 0) is 24.1 Å². The van der Waals surface area contributed by atoms with E-state index in [-0.39, 0.29) is 5.91 Å². The molecule has 0 unspecified atom stereocenters. The van der Waals surface area contributed by atoms with Crippen LogP contribution >= 0.6 is 11.8 Å². The predicted molar refractivity (Wildman–Crippen MR) is 121 cm³/mol. The first-order valence-corrected chi connectivity index (χ1v) is 11.5. The summed E-state index contributed by atoms with van der Waals surface area (Å²) in [5.74, 6) is 2.28. The molecule has 7 nitrogen and oxygen atoms in total. The summed E-state index contributed by atoms with van der Waals surface area (Å²) in [5, 5.41) is 10.6. The van der Waals surface area contributed by atoms with Crippen molar-refractivity contribution < 1.29 is 9.21 Å². The molecule has 1 amide bonds. The van der Waals surface area contributed by atoms with Crippen LogP contribution in [0.4, 0.5) is 0 Å². The summed E-state index contributed by atoms with van der Waals surface area (Å²) in [6.07, 6.45) is 2.49. The highest BCUT2D eigenvalue weighted by Gasteiger charge is 2.25. The second-order valence-electron chi connectivity index (χ2n) is 8.27. The molecule has 8 heteroatoms. The number of para-hydroxylation sites is 1. The minimum absolute atomic E-state index is 0.125. The van der Waals surface area contributed by atoms with Crippen molar-refractivity contribution in [1.82, 2.24) is 24.6 Å². The van der Waals surface area contributed by atoms with Gasteiger partial charge in [-0.25, -0.2) is 0 Å². The highest BCUT2D eigenvalue weighted by Crippen LogP contribution is 2.29. The number of aromatic amines is 1. The molecule has 4 aromatic rings. The van der Waals surface area contributed by atoms with Gasteiger partial charge < -0.3 is 14.3 Å². The van der Waals surface area contributed by atoms with E-state index < -0.39 is 0 Å². The van der Waals surface area contributed by atoms with E-state index in [4.69, 9.17) is 4.42 Å². The van der Waals surface area contributed by atoms with E-state index in [1.165, 1.54) is 28.4 Å². The number of rotatable bonds is 6. The number of aromatic nitrogens is 4. The Balaban J connectivity index is 1.31. The zero-order valence-electron chi connectivity index (χ0n) is 17.7. The Morgan fingerprint density at radius 2 is 2.10 bits per heavy atom. The summed E-state index contributed by atoms with van der Waals surface area (Å²) in [4.78, 5) is 18.5. The molecule has 1 N–H and O–H groups in total. The summed E-state index contributed by atoms with van der Waals surface area (Å²) in [7, 11) is 0. The Morgan fingerprint density at radius 3 is 2.90 bits per heavy atom. The fourth-order valence-corrected chi connectivity index (χ4v) is 4.96. The van der Waals surface area contributed by atoms with Gasteiger partial charge in [0.1, 0.15) is 0 Å². The quantitative estimate of drug-likeness (QED) is 0.456. The summed E-state index contributed by atoms with van der Waals surface area (Å²) >= 11 is 1.44. The minimum Gasteiger partial charge on any atom is -0.461 e. The van der Waals surface area contributed by atoms with Crippen molar-refractivity contribution in [2.45, 2.75) is 38.5 Å². The Kier molecular flexibility index (Phi) is 5.31. The lowest BCUT2D eigenvalue weighted by molar-refractivity contribution is -0.129. The summed E-state index contributed by atoms with van der Waals surface area (Å²) < 4.78 is 7.58. The molecule has 4 heterocycles. The number of H-pyrrole nitrogens is 1. The molecule has 5 rings (SSSR count). The van der Waals surface area contributed by atoms with E-state index in [1.54, 1.807) is 6.26 Å². The van der Waals surface area contributed by atoms with Gasteiger partial charge in [-0.1, -0.05) is 43.8 Å². The Morgan fingerprint density at radius 1 is 1.23 bits per heavy atom. The van der Waals surface area contributed by atoms with Gasteiger partial charge in [0.2, 0.25) is 5.91 Å². The van der Waals surface area contributed by atoms with Gasteiger partial charge in [-0.15, -0.1) is 10.2 Å². The van der Waals surface area contributed by atoms with Crippen LogP contribution in [-0.2, 0) is 24.3 Å². The highest BCUT2D eigenvalue weighted by atomic mass is 32.2. The van der Waals surface area contributed by atoms with Gasteiger partial charge in [0.05, 0.1) is 12.0 Å². The topological polar surface area (TPSA) is 80.0 Å². The van der Waals surface area contributed by atoms with Crippen molar-refractivity contribution in [3.63, 3.8) is 0 Å². The van der Waals surface area contributed by atoms with Crippen molar-refractivity contribution in [1.29, 1.82) is 0 Å². The monoisotopic (exact) mass is 435 g/mol. The van der Waals surface area contributed by atoms with Crippen LogP contribution < -0.4 is 0 Å². The number of fused-ring (bicyclic) bond motifs is 3. The normalized spacial score (nSPS) is 13.8. The van der Waals surface area contributed by atoms with Gasteiger partial charge >= 0.3 is 0 Å². The van der Waals surface area contributed by atoms with Crippen LogP contribution in [0.25, 0.3) is 22.5 Å². The molecule has 1 aromatic carbocycles. The maximum atomic E-state index is 13.0. The van der Waals surface area contributed by atoms with E-state index in [0.29, 0.717) is 29.8 Å². The van der Waals surface area contributed by atoms with Gasteiger partial charge in [-0.2, -0.15) is 0 Å².